The van der Waals surface area contributed by atoms with Crippen LogP contribution in [0.2, 0.25) is 5.02 Å². The van der Waals surface area contributed by atoms with Crippen molar-refractivity contribution in [1.29, 1.82) is 0 Å². The minimum atomic E-state index is 0.417. The van der Waals surface area contributed by atoms with E-state index in [2.05, 4.69) is 20.9 Å². The minimum Gasteiger partial charge on any atom is -0.340 e. The zero-order valence-electron chi connectivity index (χ0n) is 13.1. The fraction of sp³-hybridized carbons (Fsp3) is 0.211. The van der Waals surface area contributed by atoms with Gasteiger partial charge in [-0.05, 0) is 36.2 Å². The molecule has 3 aromatic rings. The van der Waals surface area contributed by atoms with Crippen LogP contribution < -0.4 is 4.90 Å². The first-order chi connectivity index (χ1) is 11.8. The fourth-order valence-corrected chi connectivity index (χ4v) is 3.45. The van der Waals surface area contributed by atoms with Crippen LogP contribution in [0, 0.1) is 0 Å². The molecule has 1 aromatic carbocycles. The Labute approximate surface area is 146 Å². The molecule has 1 aliphatic rings. The molecule has 4 rings (SSSR count). The second kappa shape index (κ2) is 6.57. The molecule has 2 aromatic heterocycles. The number of halogens is 1. The first kappa shape index (κ1) is 15.1. The van der Waals surface area contributed by atoms with E-state index in [1.54, 1.807) is 12.4 Å². The maximum atomic E-state index is 6.35. The van der Waals surface area contributed by atoms with E-state index >= 15 is 0 Å². The third-order valence-corrected chi connectivity index (χ3v) is 4.73. The predicted molar refractivity (Wildman–Crippen MR) is 96.3 cm³/mol. The van der Waals surface area contributed by atoms with Gasteiger partial charge in [0.25, 0.3) is 0 Å². The van der Waals surface area contributed by atoms with Crippen LogP contribution in [0.25, 0.3) is 11.4 Å². The second-order valence-electron chi connectivity index (χ2n) is 5.91. The maximum Gasteiger partial charge on any atom is 0.225 e. The van der Waals surface area contributed by atoms with Gasteiger partial charge in [0.05, 0.1) is 11.4 Å². The van der Waals surface area contributed by atoms with E-state index in [-0.39, 0.29) is 0 Å². The Morgan fingerprint density at radius 2 is 1.79 bits per heavy atom. The highest BCUT2D eigenvalue weighted by Crippen LogP contribution is 2.33. The van der Waals surface area contributed by atoms with Gasteiger partial charge < -0.3 is 4.90 Å². The lowest BCUT2D eigenvalue weighted by atomic mass is 9.98. The van der Waals surface area contributed by atoms with Crippen LogP contribution in [-0.2, 0) is 0 Å². The van der Waals surface area contributed by atoms with Crippen LogP contribution in [0.1, 0.15) is 17.9 Å². The summed E-state index contributed by atoms with van der Waals surface area (Å²) in [7, 11) is 0. The molecule has 0 amide bonds. The van der Waals surface area contributed by atoms with Crippen LogP contribution >= 0.6 is 11.6 Å². The number of pyridine rings is 1. The Kier molecular flexibility index (Phi) is 4.13. The zero-order valence-corrected chi connectivity index (χ0v) is 13.9. The van der Waals surface area contributed by atoms with Crippen LogP contribution in [-0.4, -0.2) is 28.0 Å². The Balaban J connectivity index is 1.57. The Morgan fingerprint density at radius 3 is 2.62 bits per heavy atom. The Hall–Kier alpha value is -2.46. The number of benzene rings is 1. The van der Waals surface area contributed by atoms with Crippen molar-refractivity contribution in [2.45, 2.75) is 12.3 Å². The third kappa shape index (κ3) is 2.97. The normalized spacial score (nSPS) is 17.2. The van der Waals surface area contributed by atoms with Gasteiger partial charge in [-0.15, -0.1) is 0 Å². The molecule has 0 radical (unpaired) electrons. The van der Waals surface area contributed by atoms with Crippen molar-refractivity contribution in [2.75, 3.05) is 18.0 Å². The average molecular weight is 337 g/mol. The van der Waals surface area contributed by atoms with E-state index in [0.29, 0.717) is 5.92 Å². The maximum absolute atomic E-state index is 6.35. The highest BCUT2D eigenvalue weighted by molar-refractivity contribution is 6.31. The summed E-state index contributed by atoms with van der Waals surface area (Å²) in [4.78, 5) is 15.7. The Morgan fingerprint density at radius 1 is 0.917 bits per heavy atom. The van der Waals surface area contributed by atoms with Crippen molar-refractivity contribution in [2.24, 2.45) is 0 Å². The molecule has 5 heteroatoms. The summed E-state index contributed by atoms with van der Waals surface area (Å²) in [5.74, 6) is 1.17. The number of rotatable bonds is 3. The lowest BCUT2D eigenvalue weighted by Gasteiger charge is -2.17. The first-order valence-electron chi connectivity index (χ1n) is 8.05. The van der Waals surface area contributed by atoms with Gasteiger partial charge >= 0.3 is 0 Å². The molecule has 1 fully saturated rings. The summed E-state index contributed by atoms with van der Waals surface area (Å²) in [6.45, 7) is 1.82. The smallest absolute Gasteiger partial charge is 0.225 e. The Bertz CT molecular complexity index is 838. The molecule has 0 N–H and O–H groups in total. The SMILES string of the molecule is Clc1ccccc1[C@@H]1CCN(c2nccc(-c3ccccn3)n2)C1. The highest BCUT2D eigenvalue weighted by atomic mass is 35.5. The van der Waals surface area contributed by atoms with Crippen LogP contribution in [0.3, 0.4) is 0 Å². The molecule has 3 heterocycles. The monoisotopic (exact) mass is 336 g/mol. The van der Waals surface area contributed by atoms with Gasteiger partial charge in [-0.2, -0.15) is 0 Å². The fourth-order valence-electron chi connectivity index (χ4n) is 3.16. The van der Waals surface area contributed by atoms with E-state index in [0.717, 1.165) is 41.9 Å². The number of hydrogen-bond acceptors (Lipinski definition) is 4. The molecule has 1 aliphatic heterocycles. The summed E-state index contributed by atoms with van der Waals surface area (Å²) < 4.78 is 0. The van der Waals surface area contributed by atoms with Crippen molar-refractivity contribution in [3.05, 3.63) is 71.5 Å². The summed E-state index contributed by atoms with van der Waals surface area (Å²) in [6.07, 6.45) is 4.64. The molecule has 0 unspecified atom stereocenters. The minimum absolute atomic E-state index is 0.417. The molecule has 0 spiro atoms. The van der Waals surface area contributed by atoms with Gasteiger partial charge in [-0.25, -0.2) is 9.97 Å². The van der Waals surface area contributed by atoms with Gasteiger partial charge in [0.2, 0.25) is 5.95 Å². The molecule has 24 heavy (non-hydrogen) atoms. The van der Waals surface area contributed by atoms with E-state index in [1.807, 2.05) is 42.5 Å². The molecule has 4 nitrogen and oxygen atoms in total. The van der Waals surface area contributed by atoms with E-state index in [1.165, 1.54) is 5.56 Å². The van der Waals surface area contributed by atoms with Crippen molar-refractivity contribution in [3.63, 3.8) is 0 Å². The van der Waals surface area contributed by atoms with Gasteiger partial charge in [0.15, 0.2) is 0 Å². The molecule has 120 valence electrons. The molecular formula is C19H17ClN4. The number of hydrogen-bond donors (Lipinski definition) is 0. The lowest BCUT2D eigenvalue weighted by Crippen LogP contribution is -2.21. The van der Waals surface area contributed by atoms with Crippen LogP contribution in [0.5, 0.6) is 0 Å². The standard InChI is InChI=1S/C19H17ClN4/c20-16-6-2-1-5-15(16)14-9-12-24(13-14)19-22-11-8-18(23-19)17-7-3-4-10-21-17/h1-8,10-11,14H,9,12-13H2/t14-/m1/s1. The van der Waals surface area contributed by atoms with Crippen molar-refractivity contribution in [1.82, 2.24) is 15.0 Å². The number of nitrogens with zero attached hydrogens (tertiary/aromatic N) is 4. The lowest BCUT2D eigenvalue weighted by molar-refractivity contribution is 0.773. The number of anilines is 1. The third-order valence-electron chi connectivity index (χ3n) is 4.39. The highest BCUT2D eigenvalue weighted by Gasteiger charge is 2.27. The van der Waals surface area contributed by atoms with Gasteiger partial charge in [-0.3, -0.25) is 4.98 Å². The topological polar surface area (TPSA) is 41.9 Å². The molecule has 1 saturated heterocycles. The quantitative estimate of drug-likeness (QED) is 0.719. The molecular weight excluding hydrogens is 320 g/mol. The largest absolute Gasteiger partial charge is 0.340 e. The van der Waals surface area contributed by atoms with E-state index < -0.39 is 0 Å². The van der Waals surface area contributed by atoms with Gasteiger partial charge in [0, 0.05) is 36.4 Å². The molecule has 0 aliphatic carbocycles. The second-order valence-corrected chi connectivity index (χ2v) is 6.32. The van der Waals surface area contributed by atoms with Crippen LogP contribution in [0.15, 0.2) is 60.9 Å². The van der Waals surface area contributed by atoms with Crippen molar-refractivity contribution >= 4 is 17.5 Å². The first-order valence-corrected chi connectivity index (χ1v) is 8.43. The number of aromatic nitrogens is 3. The molecule has 0 bridgehead atoms. The van der Waals surface area contributed by atoms with Gasteiger partial charge in [0.1, 0.15) is 0 Å². The molecule has 1 atom stereocenters. The zero-order chi connectivity index (χ0) is 16.4. The average Bonchev–Trinajstić information content (AvgIpc) is 3.13. The summed E-state index contributed by atoms with van der Waals surface area (Å²) >= 11 is 6.35. The van der Waals surface area contributed by atoms with E-state index in [9.17, 15) is 0 Å². The van der Waals surface area contributed by atoms with Crippen molar-refractivity contribution in [3.8, 4) is 11.4 Å². The molecule has 0 saturated carbocycles. The van der Waals surface area contributed by atoms with Crippen LogP contribution in [0.4, 0.5) is 5.95 Å². The summed E-state index contributed by atoms with van der Waals surface area (Å²) in [6, 6.07) is 15.8. The predicted octanol–water partition coefficient (Wildman–Crippen LogP) is 4.19. The summed E-state index contributed by atoms with van der Waals surface area (Å²) in [5, 5.41) is 0.840. The van der Waals surface area contributed by atoms with Crippen molar-refractivity contribution < 1.29 is 0 Å². The van der Waals surface area contributed by atoms with Gasteiger partial charge in [-0.1, -0.05) is 35.9 Å². The summed E-state index contributed by atoms with van der Waals surface area (Å²) in [5.41, 5.74) is 2.92. The van der Waals surface area contributed by atoms with E-state index in [4.69, 9.17) is 16.6 Å².